The zero-order valence-corrected chi connectivity index (χ0v) is 11.9. The van der Waals surface area contributed by atoms with Crippen LogP contribution in [0.3, 0.4) is 0 Å². The molecule has 1 aromatic heterocycles. The molecular formula is C14H12BrNO3. The molecular weight excluding hydrogens is 310 g/mol. The molecule has 98 valence electrons. The van der Waals surface area contributed by atoms with Gasteiger partial charge in [0.05, 0.1) is 7.11 Å². The van der Waals surface area contributed by atoms with Crippen molar-refractivity contribution in [2.45, 2.75) is 6.61 Å². The first kappa shape index (κ1) is 13.5. The number of carbonyl (C=O) groups excluding carboxylic acids is 1. The van der Waals surface area contributed by atoms with E-state index in [1.54, 1.807) is 6.07 Å². The first-order valence-corrected chi connectivity index (χ1v) is 6.40. The highest BCUT2D eigenvalue weighted by atomic mass is 79.9. The first-order valence-electron chi connectivity index (χ1n) is 5.61. The smallest absolute Gasteiger partial charge is 0.228 e. The van der Waals surface area contributed by atoms with Gasteiger partial charge < -0.3 is 9.47 Å². The molecule has 0 fully saturated rings. The monoisotopic (exact) mass is 321 g/mol. The number of halogens is 1. The molecule has 0 saturated carbocycles. The minimum Gasteiger partial charge on any atom is -0.488 e. The van der Waals surface area contributed by atoms with E-state index in [2.05, 4.69) is 20.9 Å². The third-order valence-corrected chi connectivity index (χ3v) is 2.91. The summed E-state index contributed by atoms with van der Waals surface area (Å²) >= 11 is 3.26. The van der Waals surface area contributed by atoms with Crippen LogP contribution >= 0.6 is 15.9 Å². The summed E-state index contributed by atoms with van der Waals surface area (Å²) in [4.78, 5) is 15.2. The minimum absolute atomic E-state index is 0.243. The van der Waals surface area contributed by atoms with Crippen LogP contribution in [0.1, 0.15) is 15.9 Å². The van der Waals surface area contributed by atoms with Gasteiger partial charge in [0, 0.05) is 6.07 Å². The number of pyridine rings is 1. The lowest BCUT2D eigenvalue weighted by atomic mass is 10.2. The van der Waals surface area contributed by atoms with Crippen molar-refractivity contribution in [2.75, 3.05) is 7.11 Å². The summed E-state index contributed by atoms with van der Waals surface area (Å²) in [5.41, 5.74) is 1.33. The number of hydrogen-bond acceptors (Lipinski definition) is 4. The normalized spacial score (nSPS) is 10.0. The fraction of sp³-hybridized carbons (Fsp3) is 0.143. The summed E-state index contributed by atoms with van der Waals surface area (Å²) in [7, 11) is 1.46. The Labute approximate surface area is 119 Å². The van der Waals surface area contributed by atoms with Gasteiger partial charge in [0.15, 0.2) is 6.29 Å². The molecule has 2 rings (SSSR count). The zero-order chi connectivity index (χ0) is 13.7. The van der Waals surface area contributed by atoms with Crippen LogP contribution in [0.2, 0.25) is 0 Å². The molecule has 19 heavy (non-hydrogen) atoms. The quantitative estimate of drug-likeness (QED) is 0.626. The van der Waals surface area contributed by atoms with E-state index in [1.165, 1.54) is 7.11 Å². The highest BCUT2D eigenvalue weighted by molar-refractivity contribution is 9.10. The molecule has 4 nitrogen and oxygen atoms in total. The zero-order valence-electron chi connectivity index (χ0n) is 10.3. The summed E-state index contributed by atoms with van der Waals surface area (Å²) in [6.07, 6.45) is 0.679. The van der Waals surface area contributed by atoms with Crippen molar-refractivity contribution >= 4 is 22.2 Å². The molecule has 0 radical (unpaired) electrons. The molecule has 0 aliphatic heterocycles. The lowest BCUT2D eigenvalue weighted by molar-refractivity contribution is 0.111. The van der Waals surface area contributed by atoms with Gasteiger partial charge in [0.25, 0.3) is 0 Å². The average Bonchev–Trinajstić information content (AvgIpc) is 2.45. The van der Waals surface area contributed by atoms with E-state index in [4.69, 9.17) is 9.47 Å². The van der Waals surface area contributed by atoms with Gasteiger partial charge in [-0.2, -0.15) is 0 Å². The predicted molar refractivity (Wildman–Crippen MR) is 74.7 cm³/mol. The molecule has 0 spiro atoms. The van der Waals surface area contributed by atoms with Gasteiger partial charge in [-0.05, 0) is 21.5 Å². The van der Waals surface area contributed by atoms with Gasteiger partial charge in [0.2, 0.25) is 5.88 Å². The van der Waals surface area contributed by atoms with Crippen LogP contribution in [0.25, 0.3) is 0 Å². The molecule has 2 aromatic rings. The van der Waals surface area contributed by atoms with Gasteiger partial charge >= 0.3 is 0 Å². The number of hydrogen-bond donors (Lipinski definition) is 0. The fourth-order valence-electron chi connectivity index (χ4n) is 1.60. The number of carbonyl (C=O) groups is 1. The second-order valence-corrected chi connectivity index (χ2v) is 4.57. The first-order chi connectivity index (χ1) is 9.24. The van der Waals surface area contributed by atoms with Crippen LogP contribution in [-0.2, 0) is 6.61 Å². The van der Waals surface area contributed by atoms with Crippen LogP contribution in [0.5, 0.6) is 11.6 Å². The lowest BCUT2D eigenvalue weighted by Crippen LogP contribution is -2.02. The Hall–Kier alpha value is -1.88. The second kappa shape index (κ2) is 6.33. The standard InChI is InChI=1S/C14H12BrNO3/c1-18-14-11(8-17)12(7-13(15)16-14)19-9-10-5-3-2-4-6-10/h2-8H,9H2,1H3. The summed E-state index contributed by atoms with van der Waals surface area (Å²) in [6, 6.07) is 11.4. The van der Waals surface area contributed by atoms with Crippen LogP contribution in [0, 0.1) is 0 Å². The van der Waals surface area contributed by atoms with Gasteiger partial charge in [-0.3, -0.25) is 4.79 Å². The number of nitrogens with zero attached hydrogens (tertiary/aromatic N) is 1. The third kappa shape index (κ3) is 3.32. The van der Waals surface area contributed by atoms with Crippen LogP contribution in [0.15, 0.2) is 41.0 Å². The molecule has 1 heterocycles. The number of benzene rings is 1. The maximum atomic E-state index is 11.1. The maximum absolute atomic E-state index is 11.1. The molecule has 0 saturated heterocycles. The summed E-state index contributed by atoms with van der Waals surface area (Å²) in [6.45, 7) is 0.376. The SMILES string of the molecule is COc1nc(Br)cc(OCc2ccccc2)c1C=O. The van der Waals surface area contributed by atoms with Crippen molar-refractivity contribution < 1.29 is 14.3 Å². The van der Waals surface area contributed by atoms with Crippen LogP contribution in [0.4, 0.5) is 0 Å². The minimum atomic E-state index is 0.243. The maximum Gasteiger partial charge on any atom is 0.228 e. The predicted octanol–water partition coefficient (Wildman–Crippen LogP) is 3.24. The Bertz CT molecular complexity index is 572. The van der Waals surface area contributed by atoms with E-state index in [0.717, 1.165) is 5.56 Å². The van der Waals surface area contributed by atoms with Crippen LogP contribution in [-0.4, -0.2) is 18.4 Å². The summed E-state index contributed by atoms with van der Waals surface area (Å²) < 4.78 is 11.3. The highest BCUT2D eigenvalue weighted by Crippen LogP contribution is 2.29. The van der Waals surface area contributed by atoms with E-state index in [9.17, 15) is 4.79 Å². The Balaban J connectivity index is 2.24. The molecule has 0 aliphatic rings. The molecule has 0 atom stereocenters. The Morgan fingerprint density at radius 1 is 1.32 bits per heavy atom. The number of rotatable bonds is 5. The van der Waals surface area contributed by atoms with Crippen molar-refractivity contribution in [1.29, 1.82) is 0 Å². The second-order valence-electron chi connectivity index (χ2n) is 3.76. The Morgan fingerprint density at radius 2 is 2.05 bits per heavy atom. The number of aldehydes is 1. The number of methoxy groups -OCH3 is 1. The summed E-state index contributed by atoms with van der Waals surface area (Å²) in [5, 5.41) is 0. The molecule has 1 aromatic carbocycles. The molecule has 0 unspecified atom stereocenters. The van der Waals surface area contributed by atoms with E-state index >= 15 is 0 Å². The van der Waals surface area contributed by atoms with Gasteiger partial charge in [-0.25, -0.2) is 4.98 Å². The molecule has 0 aliphatic carbocycles. The molecule has 0 amide bonds. The van der Waals surface area contributed by atoms with E-state index in [1.807, 2.05) is 30.3 Å². The lowest BCUT2D eigenvalue weighted by Gasteiger charge is -2.11. The summed E-state index contributed by atoms with van der Waals surface area (Å²) in [5.74, 6) is 0.685. The largest absolute Gasteiger partial charge is 0.488 e. The van der Waals surface area contributed by atoms with E-state index in [-0.39, 0.29) is 5.88 Å². The van der Waals surface area contributed by atoms with Crippen molar-refractivity contribution in [3.8, 4) is 11.6 Å². The molecule has 0 N–H and O–H groups in total. The van der Waals surface area contributed by atoms with Crippen molar-refractivity contribution in [3.05, 3.63) is 52.1 Å². The van der Waals surface area contributed by atoms with E-state index in [0.29, 0.717) is 28.8 Å². The van der Waals surface area contributed by atoms with Gasteiger partial charge in [-0.15, -0.1) is 0 Å². The van der Waals surface area contributed by atoms with E-state index < -0.39 is 0 Å². The Morgan fingerprint density at radius 3 is 2.68 bits per heavy atom. The highest BCUT2D eigenvalue weighted by Gasteiger charge is 2.13. The van der Waals surface area contributed by atoms with Gasteiger partial charge in [-0.1, -0.05) is 30.3 Å². The van der Waals surface area contributed by atoms with Gasteiger partial charge in [0.1, 0.15) is 22.5 Å². The third-order valence-electron chi connectivity index (χ3n) is 2.50. The number of aromatic nitrogens is 1. The Kier molecular flexibility index (Phi) is 4.52. The fourth-order valence-corrected chi connectivity index (χ4v) is 1.97. The molecule has 5 heteroatoms. The van der Waals surface area contributed by atoms with Crippen molar-refractivity contribution in [2.24, 2.45) is 0 Å². The topological polar surface area (TPSA) is 48.4 Å². The average molecular weight is 322 g/mol. The van der Waals surface area contributed by atoms with Crippen molar-refractivity contribution in [3.63, 3.8) is 0 Å². The molecule has 0 bridgehead atoms. The van der Waals surface area contributed by atoms with Crippen LogP contribution < -0.4 is 9.47 Å². The van der Waals surface area contributed by atoms with Crippen molar-refractivity contribution in [1.82, 2.24) is 4.98 Å². The number of ether oxygens (including phenoxy) is 2.